The molecule has 1 aromatic carbocycles. The van der Waals surface area contributed by atoms with Crippen molar-refractivity contribution < 1.29 is 9.18 Å². The van der Waals surface area contributed by atoms with E-state index in [1.807, 2.05) is 17.3 Å². The van der Waals surface area contributed by atoms with Gasteiger partial charge in [-0.05, 0) is 80.0 Å². The van der Waals surface area contributed by atoms with Gasteiger partial charge in [-0.25, -0.2) is 9.37 Å². The van der Waals surface area contributed by atoms with Gasteiger partial charge in [0.25, 0.3) is 5.91 Å². The lowest BCUT2D eigenvalue weighted by Gasteiger charge is -2.56. The molecule has 26 heavy (non-hydrogen) atoms. The molecule has 6 rings (SSSR count). The number of hydrogen-bond acceptors (Lipinski definition) is 3. The topological polar surface area (TPSA) is 33.2 Å². The molecular weight excluding hydrogens is 347 g/mol. The molecule has 0 aliphatic heterocycles. The Hall–Kier alpha value is -1.75. The fourth-order valence-corrected chi connectivity index (χ4v) is 6.74. The van der Waals surface area contributed by atoms with Crippen LogP contribution in [-0.2, 0) is 0 Å². The summed E-state index contributed by atoms with van der Waals surface area (Å²) >= 11 is 1.45. The minimum Gasteiger partial charge on any atom is -0.337 e. The number of hydrogen-bond donors (Lipinski definition) is 0. The second-order valence-electron chi connectivity index (χ2n) is 8.38. The molecule has 0 radical (unpaired) electrons. The first-order valence-electron chi connectivity index (χ1n) is 9.57. The van der Waals surface area contributed by atoms with E-state index < -0.39 is 0 Å². The quantitative estimate of drug-likeness (QED) is 0.774. The summed E-state index contributed by atoms with van der Waals surface area (Å²) in [6.07, 6.45) is 6.62. The van der Waals surface area contributed by atoms with Crippen molar-refractivity contribution in [3.05, 3.63) is 41.2 Å². The van der Waals surface area contributed by atoms with Crippen LogP contribution in [0, 0.1) is 29.5 Å². The number of benzene rings is 1. The van der Waals surface area contributed by atoms with Gasteiger partial charge in [-0.3, -0.25) is 4.79 Å². The summed E-state index contributed by atoms with van der Waals surface area (Å²) < 4.78 is 13.1. The van der Waals surface area contributed by atoms with Crippen molar-refractivity contribution in [3.8, 4) is 10.6 Å². The van der Waals surface area contributed by atoms with Crippen molar-refractivity contribution in [2.75, 3.05) is 7.05 Å². The van der Waals surface area contributed by atoms with E-state index in [0.717, 1.165) is 22.4 Å². The lowest BCUT2D eigenvalue weighted by molar-refractivity contribution is -0.0492. The minimum absolute atomic E-state index is 0.0343. The van der Waals surface area contributed by atoms with Crippen LogP contribution in [0.1, 0.15) is 42.6 Å². The summed E-state index contributed by atoms with van der Waals surface area (Å²) in [7, 11) is 1.96. The number of amides is 1. The van der Waals surface area contributed by atoms with Crippen molar-refractivity contribution in [1.82, 2.24) is 9.88 Å². The van der Waals surface area contributed by atoms with Crippen molar-refractivity contribution in [1.29, 1.82) is 0 Å². The number of carbonyl (C=O) groups excluding carboxylic acids is 1. The number of aromatic nitrogens is 1. The van der Waals surface area contributed by atoms with E-state index in [-0.39, 0.29) is 11.7 Å². The Morgan fingerprint density at radius 3 is 2.31 bits per heavy atom. The average Bonchev–Trinajstić information content (AvgIpc) is 3.10. The summed E-state index contributed by atoms with van der Waals surface area (Å²) in [5.41, 5.74) is 1.37. The molecule has 0 atom stereocenters. The summed E-state index contributed by atoms with van der Waals surface area (Å²) in [6.45, 7) is 0. The van der Waals surface area contributed by atoms with Gasteiger partial charge in [0, 0.05) is 24.0 Å². The van der Waals surface area contributed by atoms with Crippen LogP contribution in [0.4, 0.5) is 4.39 Å². The van der Waals surface area contributed by atoms with Gasteiger partial charge in [-0.1, -0.05) is 0 Å². The Balaban J connectivity index is 1.36. The third-order valence-electron chi connectivity index (χ3n) is 6.76. The third kappa shape index (κ3) is 2.68. The maximum atomic E-state index is 13.1. The Morgan fingerprint density at radius 1 is 1.08 bits per heavy atom. The van der Waals surface area contributed by atoms with Crippen LogP contribution in [-0.4, -0.2) is 28.9 Å². The Bertz CT molecular complexity index is 803. The van der Waals surface area contributed by atoms with Gasteiger partial charge in [0.2, 0.25) is 0 Å². The number of thiazole rings is 1. The Kier molecular flexibility index (Phi) is 3.89. The normalized spacial score (nSPS) is 32.0. The highest BCUT2D eigenvalue weighted by Gasteiger charge is 2.50. The molecule has 1 amide bonds. The van der Waals surface area contributed by atoms with Gasteiger partial charge in [0.1, 0.15) is 16.5 Å². The number of carbonyl (C=O) groups is 1. The predicted molar refractivity (Wildman–Crippen MR) is 100 cm³/mol. The number of nitrogens with zero attached hydrogens (tertiary/aromatic N) is 2. The minimum atomic E-state index is -0.261. The first-order valence-corrected chi connectivity index (χ1v) is 10.4. The molecule has 1 aromatic heterocycles. The Labute approximate surface area is 157 Å². The molecule has 4 bridgehead atoms. The van der Waals surface area contributed by atoms with E-state index in [1.165, 1.54) is 55.6 Å². The largest absolute Gasteiger partial charge is 0.337 e. The van der Waals surface area contributed by atoms with E-state index >= 15 is 0 Å². The molecule has 0 saturated heterocycles. The second kappa shape index (κ2) is 6.15. The van der Waals surface area contributed by atoms with E-state index in [0.29, 0.717) is 23.6 Å². The summed E-state index contributed by atoms with van der Waals surface area (Å²) in [5, 5.41) is 2.61. The van der Waals surface area contributed by atoms with Gasteiger partial charge in [-0.15, -0.1) is 11.3 Å². The predicted octanol–water partition coefficient (Wildman–Crippen LogP) is 4.85. The van der Waals surface area contributed by atoms with Gasteiger partial charge in [0.15, 0.2) is 0 Å². The molecule has 3 nitrogen and oxygen atoms in total. The fourth-order valence-electron chi connectivity index (χ4n) is 5.94. The number of halogens is 1. The molecule has 1 heterocycles. The molecule has 4 saturated carbocycles. The maximum absolute atomic E-state index is 13.1. The van der Waals surface area contributed by atoms with Crippen molar-refractivity contribution >= 4 is 17.2 Å². The lowest BCUT2D eigenvalue weighted by atomic mass is 9.54. The van der Waals surface area contributed by atoms with Gasteiger partial charge in [0.05, 0.1) is 0 Å². The van der Waals surface area contributed by atoms with Crippen LogP contribution in [0.25, 0.3) is 10.6 Å². The zero-order valence-corrected chi connectivity index (χ0v) is 15.7. The monoisotopic (exact) mass is 370 g/mol. The van der Waals surface area contributed by atoms with Gasteiger partial charge in [-0.2, -0.15) is 0 Å². The van der Waals surface area contributed by atoms with Crippen LogP contribution in [0.15, 0.2) is 29.6 Å². The molecule has 4 fully saturated rings. The second-order valence-corrected chi connectivity index (χ2v) is 9.24. The van der Waals surface area contributed by atoms with E-state index in [1.54, 1.807) is 12.1 Å². The molecule has 136 valence electrons. The van der Waals surface area contributed by atoms with Gasteiger partial charge < -0.3 is 4.90 Å². The van der Waals surface area contributed by atoms with Crippen molar-refractivity contribution in [2.24, 2.45) is 23.7 Å². The highest BCUT2D eigenvalue weighted by Crippen LogP contribution is 2.55. The molecule has 2 aromatic rings. The Morgan fingerprint density at radius 2 is 1.69 bits per heavy atom. The molecule has 0 unspecified atom stereocenters. The molecule has 5 heteroatoms. The van der Waals surface area contributed by atoms with Crippen LogP contribution >= 0.6 is 11.3 Å². The first-order chi connectivity index (χ1) is 12.6. The lowest BCUT2D eigenvalue weighted by Crippen LogP contribution is -2.56. The van der Waals surface area contributed by atoms with Crippen LogP contribution < -0.4 is 0 Å². The third-order valence-corrected chi connectivity index (χ3v) is 7.65. The molecule has 4 aliphatic rings. The van der Waals surface area contributed by atoms with Crippen LogP contribution in [0.2, 0.25) is 0 Å². The molecule has 0 spiro atoms. The molecule has 0 N–H and O–H groups in total. The van der Waals surface area contributed by atoms with Gasteiger partial charge >= 0.3 is 0 Å². The fraction of sp³-hybridized carbons (Fsp3) is 0.524. The van der Waals surface area contributed by atoms with E-state index in [4.69, 9.17) is 0 Å². The molecule has 4 aliphatic carbocycles. The number of rotatable bonds is 3. The van der Waals surface area contributed by atoms with Crippen molar-refractivity contribution in [3.63, 3.8) is 0 Å². The zero-order valence-electron chi connectivity index (χ0n) is 14.9. The average molecular weight is 370 g/mol. The van der Waals surface area contributed by atoms with Crippen molar-refractivity contribution in [2.45, 2.75) is 38.1 Å². The highest BCUT2D eigenvalue weighted by atomic mass is 32.1. The zero-order chi connectivity index (χ0) is 17.8. The summed E-state index contributed by atoms with van der Waals surface area (Å²) in [4.78, 5) is 19.6. The smallest absolute Gasteiger partial charge is 0.273 e. The SMILES string of the molecule is CN(C(=O)c1csc(-c2ccc(F)cc2)n1)C1C2CC3CC(C2)CC1C3. The van der Waals surface area contributed by atoms with Crippen LogP contribution in [0.3, 0.4) is 0 Å². The maximum Gasteiger partial charge on any atom is 0.273 e. The van der Waals surface area contributed by atoms with E-state index in [9.17, 15) is 9.18 Å². The summed E-state index contributed by atoms with van der Waals surface area (Å²) in [6, 6.07) is 6.66. The van der Waals surface area contributed by atoms with Crippen LogP contribution in [0.5, 0.6) is 0 Å². The molecular formula is C21H23FN2OS. The highest BCUT2D eigenvalue weighted by molar-refractivity contribution is 7.13. The summed E-state index contributed by atoms with van der Waals surface area (Å²) in [5.74, 6) is 2.93. The first kappa shape index (κ1) is 16.4. The standard InChI is InChI=1S/C21H23FN2OS/c1-24(19-15-7-12-6-13(9-15)10-16(19)8-12)21(25)18-11-26-20(23-18)14-2-4-17(22)5-3-14/h2-5,11-13,15-16,19H,6-10H2,1H3. The van der Waals surface area contributed by atoms with E-state index in [2.05, 4.69) is 4.98 Å².